The first-order valence-corrected chi connectivity index (χ1v) is 11.3. The van der Waals surface area contributed by atoms with Crippen molar-refractivity contribution < 1.29 is 14.3 Å². The molecule has 31 heavy (non-hydrogen) atoms. The van der Waals surface area contributed by atoms with Gasteiger partial charge in [-0.3, -0.25) is 4.90 Å². The van der Waals surface area contributed by atoms with Crippen molar-refractivity contribution in [3.05, 3.63) is 65.2 Å². The fourth-order valence-corrected chi connectivity index (χ4v) is 3.70. The summed E-state index contributed by atoms with van der Waals surface area (Å²) < 4.78 is 11.4. The predicted molar refractivity (Wildman–Crippen MR) is 123 cm³/mol. The van der Waals surface area contributed by atoms with E-state index in [4.69, 9.17) is 9.47 Å². The number of ether oxygens (including phenoxy) is 2. The van der Waals surface area contributed by atoms with Crippen LogP contribution < -0.4 is 15.4 Å². The van der Waals surface area contributed by atoms with Gasteiger partial charge in [0, 0.05) is 26.2 Å². The zero-order valence-corrected chi connectivity index (χ0v) is 18.7. The average Bonchev–Trinajstić information content (AvgIpc) is 3.33. The van der Waals surface area contributed by atoms with Crippen molar-refractivity contribution in [2.45, 2.75) is 52.4 Å². The van der Waals surface area contributed by atoms with E-state index in [-0.39, 0.29) is 12.1 Å². The molecule has 2 N–H and O–H groups in total. The highest BCUT2D eigenvalue weighted by Crippen LogP contribution is 2.17. The standard InChI is InChI=1S/C25H35N3O3/c1-3-28(4-2)18-22-11-6-5-10-21(22)17-27-25(29)26-16-20-9-7-12-23(15-20)31-19-24-13-8-14-30-24/h5-7,9-12,15,24H,3-4,8,13-14,16-19H2,1-2H3,(H2,26,27,29)/t24-/m1/s1. The molecule has 0 aliphatic carbocycles. The van der Waals surface area contributed by atoms with Crippen LogP contribution in [-0.2, 0) is 24.4 Å². The minimum absolute atomic E-state index is 0.177. The second kappa shape index (κ2) is 12.3. The monoisotopic (exact) mass is 425 g/mol. The molecule has 6 nitrogen and oxygen atoms in total. The van der Waals surface area contributed by atoms with Gasteiger partial charge in [-0.15, -0.1) is 0 Å². The summed E-state index contributed by atoms with van der Waals surface area (Å²) in [5.41, 5.74) is 3.40. The molecule has 168 valence electrons. The van der Waals surface area contributed by atoms with Gasteiger partial charge in [-0.2, -0.15) is 0 Å². The van der Waals surface area contributed by atoms with Gasteiger partial charge >= 0.3 is 6.03 Å². The lowest BCUT2D eigenvalue weighted by molar-refractivity contribution is 0.0679. The zero-order valence-electron chi connectivity index (χ0n) is 18.7. The molecule has 1 heterocycles. The molecule has 0 bridgehead atoms. The van der Waals surface area contributed by atoms with E-state index in [1.165, 1.54) is 5.56 Å². The molecular weight excluding hydrogens is 390 g/mol. The van der Waals surface area contributed by atoms with Crippen molar-refractivity contribution in [1.82, 2.24) is 15.5 Å². The van der Waals surface area contributed by atoms with Crippen molar-refractivity contribution >= 4 is 6.03 Å². The van der Waals surface area contributed by atoms with E-state index in [2.05, 4.69) is 47.6 Å². The van der Waals surface area contributed by atoms with Crippen LogP contribution in [-0.4, -0.2) is 43.3 Å². The molecule has 2 aromatic carbocycles. The van der Waals surface area contributed by atoms with Crippen molar-refractivity contribution in [3.8, 4) is 5.75 Å². The Bertz CT molecular complexity index is 817. The first-order chi connectivity index (χ1) is 15.2. The van der Waals surface area contributed by atoms with E-state index in [9.17, 15) is 4.79 Å². The summed E-state index contributed by atoms with van der Waals surface area (Å²) in [5, 5.41) is 5.91. The Morgan fingerprint density at radius 2 is 1.84 bits per heavy atom. The van der Waals surface area contributed by atoms with E-state index in [1.54, 1.807) is 0 Å². The largest absolute Gasteiger partial charge is 0.491 e. The maximum Gasteiger partial charge on any atom is 0.315 e. The molecule has 6 heteroatoms. The number of rotatable bonds is 11. The van der Waals surface area contributed by atoms with Crippen LogP contribution in [0.4, 0.5) is 4.79 Å². The maximum absolute atomic E-state index is 12.3. The van der Waals surface area contributed by atoms with E-state index < -0.39 is 0 Å². The van der Waals surface area contributed by atoms with Gasteiger partial charge in [0.25, 0.3) is 0 Å². The molecule has 0 aromatic heterocycles. The summed E-state index contributed by atoms with van der Waals surface area (Å²) in [6.45, 7) is 9.60. The number of benzene rings is 2. The highest BCUT2D eigenvalue weighted by atomic mass is 16.5. The minimum atomic E-state index is -0.177. The average molecular weight is 426 g/mol. The highest BCUT2D eigenvalue weighted by molar-refractivity contribution is 5.73. The van der Waals surface area contributed by atoms with E-state index >= 15 is 0 Å². The molecular formula is C25H35N3O3. The third-order valence-corrected chi connectivity index (χ3v) is 5.66. The quantitative estimate of drug-likeness (QED) is 0.569. The zero-order chi connectivity index (χ0) is 21.9. The Hall–Kier alpha value is -2.57. The van der Waals surface area contributed by atoms with Crippen molar-refractivity contribution in [3.63, 3.8) is 0 Å². The van der Waals surface area contributed by atoms with Crippen LogP contribution in [0.1, 0.15) is 43.4 Å². The first-order valence-electron chi connectivity index (χ1n) is 11.3. The second-order valence-electron chi connectivity index (χ2n) is 7.86. The normalized spacial score (nSPS) is 15.8. The van der Waals surface area contributed by atoms with Gasteiger partial charge in [0.1, 0.15) is 12.4 Å². The summed E-state index contributed by atoms with van der Waals surface area (Å²) in [6, 6.07) is 15.9. The number of urea groups is 1. The third kappa shape index (κ3) is 7.56. The van der Waals surface area contributed by atoms with Crippen LogP contribution in [0.25, 0.3) is 0 Å². The number of carbonyl (C=O) groups is 1. The van der Waals surface area contributed by atoms with Gasteiger partial charge in [0.05, 0.1) is 6.10 Å². The highest BCUT2D eigenvalue weighted by Gasteiger charge is 2.16. The third-order valence-electron chi connectivity index (χ3n) is 5.66. The summed E-state index contributed by atoms with van der Waals surface area (Å²) in [5.74, 6) is 0.806. The number of amides is 2. The number of nitrogens with one attached hydrogen (secondary N) is 2. The molecule has 2 aromatic rings. The lowest BCUT2D eigenvalue weighted by atomic mass is 10.1. The summed E-state index contributed by atoms with van der Waals surface area (Å²) in [4.78, 5) is 14.7. The number of nitrogens with zero attached hydrogens (tertiary/aromatic N) is 1. The Morgan fingerprint density at radius 1 is 1.06 bits per heavy atom. The van der Waals surface area contributed by atoms with Crippen LogP contribution in [0.15, 0.2) is 48.5 Å². The van der Waals surface area contributed by atoms with Gasteiger partial charge in [0.15, 0.2) is 0 Å². The summed E-state index contributed by atoms with van der Waals surface area (Å²) >= 11 is 0. The van der Waals surface area contributed by atoms with Gasteiger partial charge < -0.3 is 20.1 Å². The lowest BCUT2D eigenvalue weighted by Crippen LogP contribution is -2.35. The van der Waals surface area contributed by atoms with E-state index in [1.807, 2.05) is 30.3 Å². The molecule has 1 aliphatic rings. The molecule has 3 rings (SSSR count). The van der Waals surface area contributed by atoms with E-state index in [0.717, 1.165) is 56.0 Å². The summed E-state index contributed by atoms with van der Waals surface area (Å²) in [6.07, 6.45) is 2.35. The van der Waals surface area contributed by atoms with Gasteiger partial charge in [0.2, 0.25) is 0 Å². The van der Waals surface area contributed by atoms with Crippen LogP contribution in [0.2, 0.25) is 0 Å². The van der Waals surface area contributed by atoms with Crippen LogP contribution in [0.3, 0.4) is 0 Å². The van der Waals surface area contributed by atoms with Crippen molar-refractivity contribution in [2.24, 2.45) is 0 Å². The second-order valence-corrected chi connectivity index (χ2v) is 7.86. The fraction of sp³-hybridized carbons (Fsp3) is 0.480. The number of carbonyl (C=O) groups excluding carboxylic acids is 1. The first kappa shape index (κ1) is 23.1. The van der Waals surface area contributed by atoms with Crippen molar-refractivity contribution in [1.29, 1.82) is 0 Å². The van der Waals surface area contributed by atoms with Crippen LogP contribution >= 0.6 is 0 Å². The SMILES string of the molecule is CCN(CC)Cc1ccccc1CNC(=O)NCc1cccc(OC[C@H]2CCCO2)c1. The molecule has 1 aliphatic heterocycles. The Morgan fingerprint density at radius 3 is 2.58 bits per heavy atom. The molecule has 0 saturated carbocycles. The van der Waals surface area contributed by atoms with Crippen molar-refractivity contribution in [2.75, 3.05) is 26.3 Å². The molecule has 0 unspecified atom stereocenters. The minimum Gasteiger partial charge on any atom is -0.491 e. The molecule has 0 radical (unpaired) electrons. The predicted octanol–water partition coefficient (Wildman–Crippen LogP) is 4.09. The number of hydrogen-bond donors (Lipinski definition) is 2. The lowest BCUT2D eigenvalue weighted by Gasteiger charge is -2.20. The molecule has 1 saturated heterocycles. The Balaban J connectivity index is 1.45. The maximum atomic E-state index is 12.3. The summed E-state index contributed by atoms with van der Waals surface area (Å²) in [7, 11) is 0. The van der Waals surface area contributed by atoms with Gasteiger partial charge in [-0.1, -0.05) is 50.2 Å². The van der Waals surface area contributed by atoms with Crippen LogP contribution in [0, 0.1) is 0 Å². The fourth-order valence-electron chi connectivity index (χ4n) is 3.70. The molecule has 0 spiro atoms. The van der Waals surface area contributed by atoms with Gasteiger partial charge in [-0.25, -0.2) is 4.79 Å². The van der Waals surface area contributed by atoms with Crippen LogP contribution in [0.5, 0.6) is 5.75 Å². The molecule has 2 amide bonds. The molecule has 1 fully saturated rings. The topological polar surface area (TPSA) is 62.8 Å². The van der Waals surface area contributed by atoms with E-state index in [0.29, 0.717) is 19.7 Å². The smallest absolute Gasteiger partial charge is 0.315 e. The molecule has 1 atom stereocenters. The number of hydrogen-bond acceptors (Lipinski definition) is 4. The van der Waals surface area contributed by atoms with Gasteiger partial charge in [-0.05, 0) is 54.8 Å². The Labute approximate surface area is 185 Å². The Kier molecular flexibility index (Phi) is 9.18.